The third-order valence-electron chi connectivity index (χ3n) is 4.09. The minimum Gasteiger partial charge on any atom is -0.349 e. The summed E-state index contributed by atoms with van der Waals surface area (Å²) >= 11 is 6.12. The molecule has 0 bridgehead atoms. The van der Waals surface area contributed by atoms with Gasteiger partial charge in [0.1, 0.15) is 6.17 Å². The van der Waals surface area contributed by atoms with Crippen molar-refractivity contribution in [1.29, 1.82) is 0 Å². The molecule has 0 fully saturated rings. The predicted octanol–water partition coefficient (Wildman–Crippen LogP) is 3.30. The summed E-state index contributed by atoms with van der Waals surface area (Å²) in [7, 11) is 0. The average molecular weight is 311 g/mol. The molecule has 2 aromatic carbocycles. The number of aromatic nitrogens is 2. The number of para-hydroxylation sites is 1. The molecular weight excluding hydrogens is 296 g/mol. The zero-order valence-corrected chi connectivity index (χ0v) is 12.7. The number of hydrogen-bond acceptors (Lipinski definition) is 4. The molecule has 1 aliphatic heterocycles. The van der Waals surface area contributed by atoms with Gasteiger partial charge >= 0.3 is 0 Å². The highest BCUT2D eigenvalue weighted by atomic mass is 35.5. The summed E-state index contributed by atoms with van der Waals surface area (Å²) in [6.07, 6.45) is 2.42. The molecule has 2 N–H and O–H groups in total. The van der Waals surface area contributed by atoms with Crippen LogP contribution in [0.1, 0.15) is 17.6 Å². The Morgan fingerprint density at radius 3 is 2.95 bits per heavy atom. The number of rotatable bonds is 2. The standard InChI is InChI=1S/C17H15ClN4/c18-13-6-5-11-7-8-22(15(11)9-13)16(19)17-20-10-12-3-1-2-4-14(12)21-17/h1-6,9-10,16H,7-8,19H2. The first-order valence-corrected chi connectivity index (χ1v) is 7.62. The van der Waals surface area contributed by atoms with Crippen molar-refractivity contribution < 1.29 is 0 Å². The second kappa shape index (κ2) is 5.23. The normalized spacial score (nSPS) is 15.1. The maximum Gasteiger partial charge on any atom is 0.166 e. The fourth-order valence-electron chi connectivity index (χ4n) is 2.93. The highest BCUT2D eigenvalue weighted by molar-refractivity contribution is 6.30. The van der Waals surface area contributed by atoms with E-state index in [0.29, 0.717) is 5.82 Å². The third kappa shape index (κ3) is 2.21. The Kier molecular flexibility index (Phi) is 3.21. The van der Waals surface area contributed by atoms with Crippen LogP contribution in [0, 0.1) is 0 Å². The molecule has 0 saturated carbocycles. The minimum absolute atomic E-state index is 0.371. The van der Waals surface area contributed by atoms with Crippen molar-refractivity contribution in [2.45, 2.75) is 12.6 Å². The van der Waals surface area contributed by atoms with Gasteiger partial charge in [-0.05, 0) is 30.2 Å². The van der Waals surface area contributed by atoms with Crippen LogP contribution in [0.5, 0.6) is 0 Å². The van der Waals surface area contributed by atoms with E-state index in [9.17, 15) is 0 Å². The maximum atomic E-state index is 6.41. The third-order valence-corrected chi connectivity index (χ3v) is 4.32. The van der Waals surface area contributed by atoms with Gasteiger partial charge in [-0.1, -0.05) is 35.9 Å². The lowest BCUT2D eigenvalue weighted by molar-refractivity contribution is 0.630. The fourth-order valence-corrected chi connectivity index (χ4v) is 3.10. The smallest absolute Gasteiger partial charge is 0.166 e. The van der Waals surface area contributed by atoms with Crippen LogP contribution in [0.2, 0.25) is 5.02 Å². The zero-order chi connectivity index (χ0) is 15.1. The number of nitrogens with two attached hydrogens (primary N) is 1. The van der Waals surface area contributed by atoms with E-state index in [0.717, 1.165) is 34.6 Å². The minimum atomic E-state index is -0.371. The zero-order valence-electron chi connectivity index (χ0n) is 11.9. The predicted molar refractivity (Wildman–Crippen MR) is 89.0 cm³/mol. The summed E-state index contributed by atoms with van der Waals surface area (Å²) in [5, 5.41) is 1.74. The highest BCUT2D eigenvalue weighted by Crippen LogP contribution is 2.34. The van der Waals surface area contributed by atoms with Crippen LogP contribution in [0.4, 0.5) is 5.69 Å². The number of anilines is 1. The van der Waals surface area contributed by atoms with Crippen LogP contribution in [0.3, 0.4) is 0 Å². The van der Waals surface area contributed by atoms with Crippen LogP contribution in [-0.4, -0.2) is 16.5 Å². The van der Waals surface area contributed by atoms with Gasteiger partial charge in [0.25, 0.3) is 0 Å². The Balaban J connectivity index is 1.72. The number of hydrogen-bond donors (Lipinski definition) is 1. The Morgan fingerprint density at radius 2 is 2.05 bits per heavy atom. The Labute approximate surface area is 133 Å². The molecule has 5 heteroatoms. The molecule has 2 heterocycles. The van der Waals surface area contributed by atoms with E-state index in [2.05, 4.69) is 20.9 Å². The lowest BCUT2D eigenvalue weighted by Crippen LogP contribution is -2.34. The van der Waals surface area contributed by atoms with Gasteiger partial charge in [0.05, 0.1) is 5.52 Å². The van der Waals surface area contributed by atoms with Gasteiger partial charge in [-0.25, -0.2) is 9.97 Å². The summed E-state index contributed by atoms with van der Waals surface area (Å²) in [4.78, 5) is 11.2. The molecule has 0 aliphatic carbocycles. The molecule has 0 saturated heterocycles. The van der Waals surface area contributed by atoms with E-state index >= 15 is 0 Å². The van der Waals surface area contributed by atoms with Crippen molar-refractivity contribution >= 4 is 28.2 Å². The SMILES string of the molecule is NC(c1ncc2ccccc2n1)N1CCc2ccc(Cl)cc21. The quantitative estimate of drug-likeness (QED) is 0.789. The number of fused-ring (bicyclic) bond motifs is 2. The van der Waals surface area contributed by atoms with Crippen molar-refractivity contribution in [2.75, 3.05) is 11.4 Å². The molecule has 3 aromatic rings. The van der Waals surface area contributed by atoms with Crippen molar-refractivity contribution in [1.82, 2.24) is 9.97 Å². The van der Waals surface area contributed by atoms with Gasteiger partial charge in [-0.3, -0.25) is 0 Å². The summed E-state index contributed by atoms with van der Waals surface area (Å²) in [6, 6.07) is 13.9. The summed E-state index contributed by atoms with van der Waals surface area (Å²) in [5.41, 5.74) is 9.67. The van der Waals surface area contributed by atoms with Gasteiger partial charge in [-0.15, -0.1) is 0 Å². The fraction of sp³-hybridized carbons (Fsp3) is 0.176. The largest absolute Gasteiger partial charge is 0.349 e. The summed E-state index contributed by atoms with van der Waals surface area (Å²) in [6.45, 7) is 0.854. The first-order chi connectivity index (χ1) is 10.7. The van der Waals surface area contributed by atoms with Crippen LogP contribution >= 0.6 is 11.6 Å². The molecule has 0 amide bonds. The lowest BCUT2D eigenvalue weighted by Gasteiger charge is -2.26. The second-order valence-corrected chi connectivity index (χ2v) is 5.88. The molecule has 4 nitrogen and oxygen atoms in total. The van der Waals surface area contributed by atoms with Crippen molar-refractivity contribution in [3.05, 3.63) is 65.1 Å². The molecule has 1 aliphatic rings. The Bertz CT molecular complexity index is 849. The molecule has 0 radical (unpaired) electrons. The molecule has 110 valence electrons. The first kappa shape index (κ1) is 13.5. The summed E-state index contributed by atoms with van der Waals surface area (Å²) in [5.74, 6) is 0.631. The van der Waals surface area contributed by atoms with Crippen LogP contribution < -0.4 is 10.6 Å². The topological polar surface area (TPSA) is 55.0 Å². The molecule has 22 heavy (non-hydrogen) atoms. The lowest BCUT2D eigenvalue weighted by atomic mass is 10.2. The van der Waals surface area contributed by atoms with Crippen molar-refractivity contribution in [3.8, 4) is 0 Å². The van der Waals surface area contributed by atoms with Gasteiger partial charge < -0.3 is 10.6 Å². The highest BCUT2D eigenvalue weighted by Gasteiger charge is 2.26. The monoisotopic (exact) mass is 310 g/mol. The molecule has 1 atom stereocenters. The van der Waals surface area contributed by atoms with Crippen molar-refractivity contribution in [2.24, 2.45) is 5.73 Å². The Morgan fingerprint density at radius 1 is 1.18 bits per heavy atom. The van der Waals surface area contributed by atoms with E-state index in [1.165, 1.54) is 5.56 Å². The molecule has 0 spiro atoms. The summed E-state index contributed by atoms with van der Waals surface area (Å²) < 4.78 is 0. The van der Waals surface area contributed by atoms with Gasteiger partial charge in [0.15, 0.2) is 5.82 Å². The van der Waals surface area contributed by atoms with Crippen LogP contribution in [0.15, 0.2) is 48.7 Å². The van der Waals surface area contributed by atoms with Gasteiger partial charge in [0, 0.05) is 28.8 Å². The van der Waals surface area contributed by atoms with E-state index in [1.54, 1.807) is 0 Å². The second-order valence-electron chi connectivity index (χ2n) is 5.45. The van der Waals surface area contributed by atoms with E-state index in [-0.39, 0.29) is 6.17 Å². The van der Waals surface area contributed by atoms with Crippen LogP contribution in [-0.2, 0) is 6.42 Å². The van der Waals surface area contributed by atoms with E-state index in [1.807, 2.05) is 42.6 Å². The maximum absolute atomic E-state index is 6.41. The Hall–Kier alpha value is -2.17. The van der Waals surface area contributed by atoms with E-state index < -0.39 is 0 Å². The van der Waals surface area contributed by atoms with Crippen molar-refractivity contribution in [3.63, 3.8) is 0 Å². The first-order valence-electron chi connectivity index (χ1n) is 7.25. The number of nitrogens with zero attached hydrogens (tertiary/aromatic N) is 3. The number of benzene rings is 2. The average Bonchev–Trinajstić information content (AvgIpc) is 2.96. The molecule has 1 unspecified atom stereocenters. The molecular formula is C17H15ClN4. The van der Waals surface area contributed by atoms with Gasteiger partial charge in [0.2, 0.25) is 0 Å². The molecule has 4 rings (SSSR count). The van der Waals surface area contributed by atoms with Gasteiger partial charge in [-0.2, -0.15) is 0 Å². The van der Waals surface area contributed by atoms with E-state index in [4.69, 9.17) is 17.3 Å². The number of halogens is 1. The molecule has 1 aromatic heterocycles. The van der Waals surface area contributed by atoms with Crippen LogP contribution in [0.25, 0.3) is 10.9 Å².